The molecule has 1 aliphatic carbocycles. The van der Waals surface area contributed by atoms with Crippen LogP contribution in [-0.2, 0) is 11.3 Å². The maximum atomic E-state index is 12.1. The van der Waals surface area contributed by atoms with E-state index in [1.54, 1.807) is 0 Å². The molecule has 1 fully saturated rings. The lowest BCUT2D eigenvalue weighted by Gasteiger charge is -2.24. The number of amides is 1. The van der Waals surface area contributed by atoms with Gasteiger partial charge in [-0.2, -0.15) is 0 Å². The van der Waals surface area contributed by atoms with Gasteiger partial charge in [0.05, 0.1) is 12.0 Å². The van der Waals surface area contributed by atoms with Crippen molar-refractivity contribution in [2.24, 2.45) is 0 Å². The zero-order chi connectivity index (χ0) is 16.2. The highest BCUT2D eigenvalue weighted by atomic mass is 16.5. The molecule has 2 rings (SSSR count). The number of carbonyl (C=O) groups is 1. The first-order valence-corrected chi connectivity index (χ1v) is 8.03. The van der Waals surface area contributed by atoms with Crippen molar-refractivity contribution in [1.29, 1.82) is 0 Å². The van der Waals surface area contributed by atoms with Crippen LogP contribution in [0.1, 0.15) is 58.4 Å². The van der Waals surface area contributed by atoms with Gasteiger partial charge < -0.3 is 15.2 Å². The Morgan fingerprint density at radius 2 is 1.91 bits per heavy atom. The fraction of sp³-hybridized carbons (Fsp3) is 0.611. The topological polar surface area (TPSA) is 58.6 Å². The molecule has 1 amide bonds. The van der Waals surface area contributed by atoms with Crippen LogP contribution in [0.15, 0.2) is 24.3 Å². The van der Waals surface area contributed by atoms with Crippen LogP contribution in [0.25, 0.3) is 0 Å². The van der Waals surface area contributed by atoms with Crippen LogP contribution in [0.3, 0.4) is 0 Å². The van der Waals surface area contributed by atoms with Gasteiger partial charge in [0.15, 0.2) is 0 Å². The van der Waals surface area contributed by atoms with E-state index in [1.807, 2.05) is 45.0 Å². The third-order valence-electron chi connectivity index (χ3n) is 3.89. The monoisotopic (exact) mass is 305 g/mol. The van der Waals surface area contributed by atoms with Crippen molar-refractivity contribution in [3.63, 3.8) is 0 Å². The Morgan fingerprint density at radius 3 is 2.55 bits per heavy atom. The van der Waals surface area contributed by atoms with Gasteiger partial charge in [-0.05, 0) is 39.7 Å². The van der Waals surface area contributed by atoms with Crippen LogP contribution in [0.5, 0.6) is 5.75 Å². The third kappa shape index (κ3) is 5.02. The normalized spacial score (nSPS) is 17.3. The molecule has 0 aliphatic heterocycles. The molecule has 0 aromatic heterocycles. The van der Waals surface area contributed by atoms with Crippen LogP contribution < -0.4 is 10.1 Å². The number of rotatable bonds is 5. The summed E-state index contributed by atoms with van der Waals surface area (Å²) in [5, 5.41) is 13.2. The second-order valence-corrected chi connectivity index (χ2v) is 7.21. The van der Waals surface area contributed by atoms with E-state index in [4.69, 9.17) is 4.74 Å². The van der Waals surface area contributed by atoms with Crippen LogP contribution in [0.4, 0.5) is 0 Å². The van der Waals surface area contributed by atoms with E-state index in [0.29, 0.717) is 6.54 Å². The van der Waals surface area contributed by atoms with Crippen molar-refractivity contribution in [3.05, 3.63) is 29.8 Å². The van der Waals surface area contributed by atoms with Crippen molar-refractivity contribution in [3.8, 4) is 5.75 Å². The first-order valence-electron chi connectivity index (χ1n) is 8.03. The summed E-state index contributed by atoms with van der Waals surface area (Å²) in [6, 6.07) is 7.72. The zero-order valence-corrected chi connectivity index (χ0v) is 13.8. The molecule has 4 heteroatoms. The zero-order valence-electron chi connectivity index (χ0n) is 13.8. The minimum Gasteiger partial charge on any atom is -0.488 e. The van der Waals surface area contributed by atoms with E-state index < -0.39 is 5.60 Å². The molecule has 0 heterocycles. The molecule has 0 bridgehead atoms. The lowest BCUT2D eigenvalue weighted by Crippen LogP contribution is -2.34. The predicted octanol–water partition coefficient (Wildman–Crippen LogP) is 3.18. The van der Waals surface area contributed by atoms with E-state index in [-0.39, 0.29) is 17.9 Å². The molecule has 0 atom stereocenters. The molecule has 2 N–H and O–H groups in total. The minimum absolute atomic E-state index is 0.102. The van der Waals surface area contributed by atoms with Gasteiger partial charge in [0.1, 0.15) is 11.4 Å². The molecular formula is C18H27NO3. The van der Waals surface area contributed by atoms with E-state index in [1.165, 1.54) is 0 Å². The number of ether oxygens (including phenoxy) is 1. The Kier molecular flexibility index (Phi) is 5.12. The Balaban J connectivity index is 1.92. The smallest absolute Gasteiger partial charge is 0.223 e. The highest BCUT2D eigenvalue weighted by Gasteiger charge is 2.33. The van der Waals surface area contributed by atoms with E-state index in [2.05, 4.69) is 5.32 Å². The molecule has 4 nitrogen and oxygen atoms in total. The van der Waals surface area contributed by atoms with Gasteiger partial charge in [-0.1, -0.05) is 31.0 Å². The fourth-order valence-corrected chi connectivity index (χ4v) is 2.84. The summed E-state index contributed by atoms with van der Waals surface area (Å²) in [5.74, 6) is 0.685. The summed E-state index contributed by atoms with van der Waals surface area (Å²) in [7, 11) is 0. The van der Waals surface area contributed by atoms with Crippen LogP contribution in [-0.4, -0.2) is 22.2 Å². The molecule has 0 unspecified atom stereocenters. The Morgan fingerprint density at radius 1 is 1.27 bits per heavy atom. The molecule has 0 radical (unpaired) electrons. The molecular weight excluding hydrogens is 278 g/mol. The minimum atomic E-state index is -0.800. The van der Waals surface area contributed by atoms with E-state index in [9.17, 15) is 9.90 Å². The standard InChI is InChI=1S/C18H27NO3/c1-17(2,3)22-15-9-5-4-8-14(15)13-19-16(20)12-18(21)10-6-7-11-18/h4-5,8-9,21H,6-7,10-13H2,1-3H3,(H,19,20). The summed E-state index contributed by atoms with van der Waals surface area (Å²) >= 11 is 0. The van der Waals surface area contributed by atoms with Gasteiger partial charge in [-0.3, -0.25) is 4.79 Å². The number of nitrogens with one attached hydrogen (secondary N) is 1. The molecule has 22 heavy (non-hydrogen) atoms. The number of hydrogen-bond acceptors (Lipinski definition) is 3. The summed E-state index contributed by atoms with van der Waals surface area (Å²) < 4.78 is 5.92. The second kappa shape index (κ2) is 6.69. The Hall–Kier alpha value is -1.55. The number of para-hydroxylation sites is 1. The second-order valence-electron chi connectivity index (χ2n) is 7.21. The molecule has 1 saturated carbocycles. The van der Waals surface area contributed by atoms with Crippen molar-refractivity contribution < 1.29 is 14.6 Å². The van der Waals surface area contributed by atoms with Gasteiger partial charge in [0.2, 0.25) is 5.91 Å². The number of benzene rings is 1. The van der Waals surface area contributed by atoms with Crippen molar-refractivity contribution in [1.82, 2.24) is 5.32 Å². The largest absolute Gasteiger partial charge is 0.488 e. The number of hydrogen-bond donors (Lipinski definition) is 2. The number of carbonyl (C=O) groups excluding carboxylic acids is 1. The van der Waals surface area contributed by atoms with Gasteiger partial charge in [0, 0.05) is 12.1 Å². The Labute approximate surface area is 132 Å². The summed E-state index contributed by atoms with van der Waals surface area (Å²) in [5.41, 5.74) is -0.130. The van der Waals surface area contributed by atoms with Gasteiger partial charge in [-0.15, -0.1) is 0 Å². The lowest BCUT2D eigenvalue weighted by molar-refractivity contribution is -0.126. The molecule has 0 spiro atoms. The maximum absolute atomic E-state index is 12.1. The predicted molar refractivity (Wildman–Crippen MR) is 86.7 cm³/mol. The lowest BCUT2D eigenvalue weighted by atomic mass is 9.97. The summed E-state index contributed by atoms with van der Waals surface area (Å²) in [6.07, 6.45) is 3.65. The maximum Gasteiger partial charge on any atom is 0.223 e. The van der Waals surface area contributed by atoms with Gasteiger partial charge >= 0.3 is 0 Å². The molecule has 1 aromatic carbocycles. The average molecular weight is 305 g/mol. The first-order chi connectivity index (χ1) is 10.3. The van der Waals surface area contributed by atoms with Crippen LogP contribution in [0.2, 0.25) is 0 Å². The summed E-state index contributed by atoms with van der Waals surface area (Å²) in [4.78, 5) is 12.1. The molecule has 1 aliphatic rings. The van der Waals surface area contributed by atoms with Crippen molar-refractivity contribution in [2.45, 2.75) is 70.6 Å². The summed E-state index contributed by atoms with van der Waals surface area (Å²) in [6.45, 7) is 6.41. The van der Waals surface area contributed by atoms with Crippen LogP contribution in [0, 0.1) is 0 Å². The highest BCUT2D eigenvalue weighted by molar-refractivity contribution is 5.77. The average Bonchev–Trinajstić information content (AvgIpc) is 2.82. The molecule has 122 valence electrons. The van der Waals surface area contributed by atoms with Crippen molar-refractivity contribution >= 4 is 5.91 Å². The highest BCUT2D eigenvalue weighted by Crippen LogP contribution is 2.32. The van der Waals surface area contributed by atoms with Gasteiger partial charge in [0.25, 0.3) is 0 Å². The fourth-order valence-electron chi connectivity index (χ4n) is 2.84. The van der Waals surface area contributed by atoms with Gasteiger partial charge in [-0.25, -0.2) is 0 Å². The SMILES string of the molecule is CC(C)(C)Oc1ccccc1CNC(=O)CC1(O)CCCC1. The molecule has 1 aromatic rings. The van der Waals surface area contributed by atoms with Crippen LogP contribution >= 0.6 is 0 Å². The third-order valence-corrected chi connectivity index (χ3v) is 3.89. The number of aliphatic hydroxyl groups is 1. The quantitative estimate of drug-likeness (QED) is 0.878. The van der Waals surface area contributed by atoms with E-state index in [0.717, 1.165) is 37.0 Å². The first kappa shape index (κ1) is 16.8. The van der Waals surface area contributed by atoms with Crippen molar-refractivity contribution in [2.75, 3.05) is 0 Å². The molecule has 0 saturated heterocycles. The Bertz CT molecular complexity index is 513. The van der Waals surface area contributed by atoms with E-state index >= 15 is 0 Å².